The fourth-order valence-electron chi connectivity index (χ4n) is 1.50. The molecule has 0 atom stereocenters. The number of carboxylic acid groups (broad SMARTS) is 1. The lowest BCUT2D eigenvalue weighted by molar-refractivity contribution is -0.137. The standard InChI is InChI=1S/C12H19N3O3/c1-18-11-9-13-8-10(15-11)14-7-5-3-2-4-6-12(16)17/h8-9H,2-7H2,1H3,(H,14,15)(H,16,17). The zero-order valence-corrected chi connectivity index (χ0v) is 10.6. The van der Waals surface area contributed by atoms with Crippen LogP contribution in [0.25, 0.3) is 0 Å². The molecule has 0 bridgehead atoms. The third-order valence-electron chi connectivity index (χ3n) is 2.45. The van der Waals surface area contributed by atoms with E-state index in [0.29, 0.717) is 11.7 Å². The molecule has 0 aromatic carbocycles. The first-order valence-corrected chi connectivity index (χ1v) is 6.04. The minimum Gasteiger partial charge on any atom is -0.481 e. The smallest absolute Gasteiger partial charge is 0.303 e. The van der Waals surface area contributed by atoms with Gasteiger partial charge in [-0.05, 0) is 12.8 Å². The maximum absolute atomic E-state index is 10.3. The summed E-state index contributed by atoms with van der Waals surface area (Å²) in [6.07, 6.45) is 7.14. The molecule has 0 amide bonds. The van der Waals surface area contributed by atoms with Crippen molar-refractivity contribution in [3.63, 3.8) is 0 Å². The Morgan fingerprint density at radius 2 is 2.11 bits per heavy atom. The van der Waals surface area contributed by atoms with Crippen LogP contribution >= 0.6 is 0 Å². The zero-order valence-electron chi connectivity index (χ0n) is 10.6. The number of unbranched alkanes of at least 4 members (excludes halogenated alkanes) is 3. The minimum absolute atomic E-state index is 0.259. The van der Waals surface area contributed by atoms with Gasteiger partial charge >= 0.3 is 5.97 Å². The number of aliphatic carboxylic acids is 1. The van der Waals surface area contributed by atoms with E-state index in [-0.39, 0.29) is 6.42 Å². The van der Waals surface area contributed by atoms with Crippen LogP contribution in [-0.2, 0) is 4.79 Å². The highest BCUT2D eigenvalue weighted by molar-refractivity contribution is 5.66. The molecule has 0 radical (unpaired) electrons. The molecule has 0 unspecified atom stereocenters. The Morgan fingerprint density at radius 1 is 1.33 bits per heavy atom. The van der Waals surface area contributed by atoms with Gasteiger partial charge < -0.3 is 15.2 Å². The second-order valence-electron chi connectivity index (χ2n) is 3.93. The van der Waals surface area contributed by atoms with E-state index >= 15 is 0 Å². The summed E-state index contributed by atoms with van der Waals surface area (Å²) in [5.41, 5.74) is 0. The third kappa shape index (κ3) is 6.03. The average Bonchev–Trinajstić information content (AvgIpc) is 2.37. The summed E-state index contributed by atoms with van der Waals surface area (Å²) < 4.78 is 4.97. The Labute approximate surface area is 106 Å². The van der Waals surface area contributed by atoms with Crippen molar-refractivity contribution in [2.75, 3.05) is 19.0 Å². The van der Waals surface area contributed by atoms with Gasteiger partial charge in [0.1, 0.15) is 5.82 Å². The molecule has 1 aromatic heterocycles. The number of hydrogen-bond donors (Lipinski definition) is 2. The predicted octanol–water partition coefficient (Wildman–Crippen LogP) is 1.93. The Morgan fingerprint density at radius 3 is 2.83 bits per heavy atom. The molecule has 6 heteroatoms. The van der Waals surface area contributed by atoms with Crippen LogP contribution in [0, 0.1) is 0 Å². The van der Waals surface area contributed by atoms with Gasteiger partial charge in [0.15, 0.2) is 0 Å². The molecule has 1 heterocycles. The topological polar surface area (TPSA) is 84.3 Å². The van der Waals surface area contributed by atoms with E-state index in [4.69, 9.17) is 9.84 Å². The van der Waals surface area contributed by atoms with Gasteiger partial charge in [-0.2, -0.15) is 4.98 Å². The van der Waals surface area contributed by atoms with Crippen molar-refractivity contribution < 1.29 is 14.6 Å². The zero-order chi connectivity index (χ0) is 13.2. The number of aromatic nitrogens is 2. The van der Waals surface area contributed by atoms with Gasteiger partial charge in [-0.1, -0.05) is 12.8 Å². The van der Waals surface area contributed by atoms with Gasteiger partial charge in [0.05, 0.1) is 19.5 Å². The fourth-order valence-corrected chi connectivity index (χ4v) is 1.50. The molecule has 0 fully saturated rings. The van der Waals surface area contributed by atoms with Crippen LogP contribution in [0.15, 0.2) is 12.4 Å². The van der Waals surface area contributed by atoms with Crippen molar-refractivity contribution in [3.8, 4) is 5.88 Å². The van der Waals surface area contributed by atoms with Crippen molar-refractivity contribution >= 4 is 11.8 Å². The molecule has 0 spiro atoms. The van der Waals surface area contributed by atoms with E-state index in [1.54, 1.807) is 19.5 Å². The highest BCUT2D eigenvalue weighted by atomic mass is 16.5. The summed E-state index contributed by atoms with van der Waals surface area (Å²) >= 11 is 0. The highest BCUT2D eigenvalue weighted by Gasteiger charge is 1.98. The Hall–Kier alpha value is -1.85. The second kappa shape index (κ2) is 8.27. The maximum atomic E-state index is 10.3. The van der Waals surface area contributed by atoms with E-state index in [1.165, 1.54) is 0 Å². The fraction of sp³-hybridized carbons (Fsp3) is 0.583. The first-order valence-electron chi connectivity index (χ1n) is 6.04. The van der Waals surface area contributed by atoms with E-state index in [2.05, 4.69) is 15.3 Å². The number of rotatable bonds is 9. The van der Waals surface area contributed by atoms with Gasteiger partial charge in [0, 0.05) is 13.0 Å². The van der Waals surface area contributed by atoms with Crippen LogP contribution in [-0.4, -0.2) is 34.7 Å². The molecule has 2 N–H and O–H groups in total. The number of methoxy groups -OCH3 is 1. The van der Waals surface area contributed by atoms with E-state index in [9.17, 15) is 4.79 Å². The SMILES string of the molecule is COc1cncc(NCCCCCCC(=O)O)n1. The van der Waals surface area contributed by atoms with Crippen LogP contribution in [0.5, 0.6) is 5.88 Å². The number of carboxylic acids is 1. The summed E-state index contributed by atoms with van der Waals surface area (Å²) in [5.74, 6) is 0.459. The molecule has 18 heavy (non-hydrogen) atoms. The average molecular weight is 253 g/mol. The lowest BCUT2D eigenvalue weighted by atomic mass is 10.1. The van der Waals surface area contributed by atoms with Crippen molar-refractivity contribution in [2.45, 2.75) is 32.1 Å². The van der Waals surface area contributed by atoms with Gasteiger partial charge in [0.25, 0.3) is 0 Å². The predicted molar refractivity (Wildman–Crippen MR) is 67.8 cm³/mol. The van der Waals surface area contributed by atoms with Gasteiger partial charge in [-0.25, -0.2) is 0 Å². The van der Waals surface area contributed by atoms with Crippen molar-refractivity contribution in [1.29, 1.82) is 0 Å². The minimum atomic E-state index is -0.722. The highest BCUT2D eigenvalue weighted by Crippen LogP contribution is 2.09. The van der Waals surface area contributed by atoms with E-state index in [0.717, 1.165) is 32.2 Å². The summed E-state index contributed by atoms with van der Waals surface area (Å²) in [7, 11) is 1.55. The number of ether oxygens (including phenoxy) is 1. The van der Waals surface area contributed by atoms with Gasteiger partial charge in [-0.15, -0.1) is 0 Å². The Balaban J connectivity index is 2.08. The first kappa shape index (κ1) is 14.2. The summed E-state index contributed by atoms with van der Waals surface area (Å²) in [5, 5.41) is 11.6. The van der Waals surface area contributed by atoms with Crippen LogP contribution in [0.4, 0.5) is 5.82 Å². The number of nitrogens with one attached hydrogen (secondary N) is 1. The van der Waals surface area contributed by atoms with Crippen molar-refractivity contribution in [2.24, 2.45) is 0 Å². The molecule has 0 saturated carbocycles. The lowest BCUT2D eigenvalue weighted by Gasteiger charge is -2.06. The van der Waals surface area contributed by atoms with Crippen LogP contribution in [0.1, 0.15) is 32.1 Å². The van der Waals surface area contributed by atoms with Gasteiger partial charge in [0.2, 0.25) is 5.88 Å². The number of nitrogens with zero attached hydrogens (tertiary/aromatic N) is 2. The molecular formula is C12H19N3O3. The Bertz CT molecular complexity index is 371. The normalized spacial score (nSPS) is 10.1. The van der Waals surface area contributed by atoms with Crippen molar-refractivity contribution in [1.82, 2.24) is 9.97 Å². The largest absolute Gasteiger partial charge is 0.481 e. The number of carbonyl (C=O) groups is 1. The summed E-state index contributed by atoms with van der Waals surface area (Å²) in [6, 6.07) is 0. The molecule has 0 aliphatic carbocycles. The molecule has 0 aliphatic heterocycles. The molecule has 1 rings (SSSR count). The third-order valence-corrected chi connectivity index (χ3v) is 2.45. The monoisotopic (exact) mass is 253 g/mol. The summed E-state index contributed by atoms with van der Waals surface area (Å²) in [4.78, 5) is 18.5. The second-order valence-corrected chi connectivity index (χ2v) is 3.93. The van der Waals surface area contributed by atoms with Crippen LogP contribution in [0.3, 0.4) is 0 Å². The molecule has 0 saturated heterocycles. The molecular weight excluding hydrogens is 234 g/mol. The van der Waals surface area contributed by atoms with Gasteiger partial charge in [-0.3, -0.25) is 9.78 Å². The lowest BCUT2D eigenvalue weighted by Crippen LogP contribution is -2.04. The van der Waals surface area contributed by atoms with Crippen molar-refractivity contribution in [3.05, 3.63) is 12.4 Å². The molecule has 1 aromatic rings. The molecule has 0 aliphatic rings. The van der Waals surface area contributed by atoms with Crippen LogP contribution in [0.2, 0.25) is 0 Å². The number of anilines is 1. The number of hydrogen-bond acceptors (Lipinski definition) is 5. The quantitative estimate of drug-likeness (QED) is 0.654. The molecule has 6 nitrogen and oxygen atoms in total. The summed E-state index contributed by atoms with van der Waals surface area (Å²) in [6.45, 7) is 0.801. The maximum Gasteiger partial charge on any atom is 0.303 e. The molecule has 100 valence electrons. The van der Waals surface area contributed by atoms with E-state index in [1.807, 2.05) is 0 Å². The Kier molecular flexibility index (Phi) is 6.53. The van der Waals surface area contributed by atoms with E-state index < -0.39 is 5.97 Å². The first-order chi connectivity index (χ1) is 8.72. The van der Waals surface area contributed by atoms with Crippen LogP contribution < -0.4 is 10.1 Å².